The second-order valence-corrected chi connectivity index (χ2v) is 6.73. The number of nitrogens with one attached hydrogen (secondary N) is 3. The molecule has 0 bridgehead atoms. The van der Waals surface area contributed by atoms with Crippen molar-refractivity contribution in [2.45, 2.75) is 25.7 Å². The molecular formula is C20H21N7O. The van der Waals surface area contributed by atoms with E-state index < -0.39 is 0 Å². The van der Waals surface area contributed by atoms with Crippen LogP contribution in [0.3, 0.4) is 0 Å². The lowest BCUT2D eigenvalue weighted by molar-refractivity contribution is 0.331. The van der Waals surface area contributed by atoms with Gasteiger partial charge in [0.1, 0.15) is 30.1 Å². The third kappa shape index (κ3) is 4.20. The molecule has 8 heteroatoms. The molecule has 8 nitrogen and oxygen atoms in total. The van der Waals surface area contributed by atoms with Crippen LogP contribution in [-0.2, 0) is 0 Å². The van der Waals surface area contributed by atoms with Crippen molar-refractivity contribution in [3.05, 3.63) is 53.5 Å². The maximum Gasteiger partial charge on any atom is 0.153 e. The van der Waals surface area contributed by atoms with Gasteiger partial charge in [-0.15, -0.1) is 0 Å². The van der Waals surface area contributed by atoms with E-state index in [0.717, 1.165) is 17.1 Å². The van der Waals surface area contributed by atoms with Crippen LogP contribution in [0, 0.1) is 18.3 Å². The van der Waals surface area contributed by atoms with Crippen LogP contribution in [0.1, 0.15) is 35.6 Å². The van der Waals surface area contributed by atoms with Gasteiger partial charge in [0.2, 0.25) is 0 Å². The van der Waals surface area contributed by atoms with Gasteiger partial charge >= 0.3 is 0 Å². The van der Waals surface area contributed by atoms with Crippen molar-refractivity contribution < 1.29 is 4.74 Å². The predicted octanol–water partition coefficient (Wildman–Crippen LogP) is 3.49. The number of nitrogens with zero attached hydrogens (tertiary/aromatic N) is 4. The Balaban J connectivity index is 1.42. The number of rotatable bonds is 8. The fourth-order valence-corrected chi connectivity index (χ4v) is 2.91. The summed E-state index contributed by atoms with van der Waals surface area (Å²) in [5, 5.41) is 23.2. The van der Waals surface area contributed by atoms with Gasteiger partial charge < -0.3 is 15.4 Å². The van der Waals surface area contributed by atoms with E-state index in [1.165, 1.54) is 12.8 Å². The molecular weight excluding hydrogens is 354 g/mol. The first-order valence-corrected chi connectivity index (χ1v) is 9.23. The van der Waals surface area contributed by atoms with Crippen LogP contribution in [0.5, 0.6) is 5.75 Å². The highest BCUT2D eigenvalue weighted by Crippen LogP contribution is 2.39. The van der Waals surface area contributed by atoms with Crippen molar-refractivity contribution in [3.63, 3.8) is 0 Å². The average Bonchev–Trinajstić information content (AvgIpc) is 3.45. The Kier molecular flexibility index (Phi) is 5.06. The van der Waals surface area contributed by atoms with E-state index in [4.69, 9.17) is 4.74 Å². The molecule has 0 aliphatic heterocycles. The van der Waals surface area contributed by atoms with Gasteiger partial charge in [-0.05, 0) is 43.5 Å². The van der Waals surface area contributed by atoms with E-state index in [9.17, 15) is 5.26 Å². The number of aromatic nitrogens is 4. The number of aromatic amines is 1. The number of pyridine rings is 2. The summed E-state index contributed by atoms with van der Waals surface area (Å²) in [7, 11) is 0. The lowest BCUT2D eigenvalue weighted by Crippen LogP contribution is -2.14. The number of hydrogen-bond donors (Lipinski definition) is 3. The second kappa shape index (κ2) is 7.96. The van der Waals surface area contributed by atoms with Crippen LogP contribution in [0.2, 0.25) is 0 Å². The predicted molar refractivity (Wildman–Crippen MR) is 106 cm³/mol. The second-order valence-electron chi connectivity index (χ2n) is 6.73. The highest BCUT2D eigenvalue weighted by molar-refractivity contribution is 5.63. The summed E-state index contributed by atoms with van der Waals surface area (Å²) >= 11 is 0. The van der Waals surface area contributed by atoms with E-state index in [1.807, 2.05) is 31.2 Å². The molecule has 0 atom stereocenters. The normalized spacial score (nSPS) is 13.0. The Bertz CT molecular complexity index is 990. The molecule has 4 rings (SSSR count). The van der Waals surface area contributed by atoms with Crippen molar-refractivity contribution >= 4 is 17.5 Å². The minimum atomic E-state index is 0.430. The third-order valence-electron chi connectivity index (χ3n) is 4.50. The average molecular weight is 375 g/mol. The van der Waals surface area contributed by atoms with Crippen LogP contribution in [0.15, 0.2) is 36.7 Å². The van der Waals surface area contributed by atoms with Gasteiger partial charge in [0.25, 0.3) is 0 Å². The summed E-state index contributed by atoms with van der Waals surface area (Å²) in [5.41, 5.74) is 2.51. The number of aryl methyl sites for hydroxylation is 1. The smallest absolute Gasteiger partial charge is 0.153 e. The number of ether oxygens (including phenoxy) is 1. The van der Waals surface area contributed by atoms with E-state index in [0.29, 0.717) is 42.0 Å². The molecule has 0 spiro atoms. The summed E-state index contributed by atoms with van der Waals surface area (Å²) < 4.78 is 5.62. The largest absolute Gasteiger partial charge is 0.490 e. The molecule has 3 heterocycles. The molecule has 1 aliphatic carbocycles. The molecule has 1 saturated carbocycles. The highest BCUT2D eigenvalue weighted by atomic mass is 16.5. The Morgan fingerprint density at radius 3 is 2.96 bits per heavy atom. The Labute approximate surface area is 163 Å². The summed E-state index contributed by atoms with van der Waals surface area (Å²) in [6.45, 7) is 2.83. The van der Waals surface area contributed by atoms with Crippen LogP contribution >= 0.6 is 0 Å². The zero-order valence-electron chi connectivity index (χ0n) is 15.6. The standard InChI is InChI=1S/C20H21N7O/c1-13-9-18(24-19-10-17(26-27-19)14-4-5-14)25-20(16(13)11-21)23-7-8-28-15-3-2-6-22-12-15/h2-3,6,9-10,12,14H,4-5,7-8H2,1H3,(H3,23,24,25,26,27). The van der Waals surface area contributed by atoms with Crippen molar-refractivity contribution in [1.82, 2.24) is 20.2 Å². The molecule has 1 fully saturated rings. The van der Waals surface area contributed by atoms with Gasteiger partial charge in [-0.2, -0.15) is 10.4 Å². The molecule has 0 amide bonds. The lowest BCUT2D eigenvalue weighted by atomic mass is 10.1. The van der Waals surface area contributed by atoms with E-state index >= 15 is 0 Å². The Hall–Kier alpha value is -3.60. The van der Waals surface area contributed by atoms with E-state index in [2.05, 4.69) is 36.9 Å². The molecule has 0 saturated heterocycles. The topological polar surface area (TPSA) is 112 Å². The summed E-state index contributed by atoms with van der Waals surface area (Å²) in [4.78, 5) is 8.56. The summed E-state index contributed by atoms with van der Waals surface area (Å²) in [6, 6.07) is 9.75. The number of hydrogen-bond acceptors (Lipinski definition) is 7. The lowest BCUT2D eigenvalue weighted by Gasteiger charge is -2.12. The van der Waals surface area contributed by atoms with Crippen LogP contribution in [-0.4, -0.2) is 33.3 Å². The highest BCUT2D eigenvalue weighted by Gasteiger charge is 2.25. The molecule has 142 valence electrons. The molecule has 0 unspecified atom stereocenters. The molecule has 3 aromatic heterocycles. The third-order valence-corrected chi connectivity index (χ3v) is 4.50. The zero-order valence-corrected chi connectivity index (χ0v) is 15.6. The quantitative estimate of drug-likeness (QED) is 0.517. The number of H-pyrrole nitrogens is 1. The maximum atomic E-state index is 9.48. The van der Waals surface area contributed by atoms with Gasteiger partial charge in [0.05, 0.1) is 18.3 Å². The van der Waals surface area contributed by atoms with Crippen molar-refractivity contribution in [3.8, 4) is 11.8 Å². The molecule has 0 radical (unpaired) electrons. The number of nitriles is 1. The van der Waals surface area contributed by atoms with Gasteiger partial charge in [0.15, 0.2) is 5.82 Å². The van der Waals surface area contributed by atoms with Crippen LogP contribution in [0.25, 0.3) is 0 Å². The van der Waals surface area contributed by atoms with Gasteiger partial charge in [-0.25, -0.2) is 4.98 Å². The maximum absolute atomic E-state index is 9.48. The zero-order chi connectivity index (χ0) is 19.3. The van der Waals surface area contributed by atoms with Crippen molar-refractivity contribution in [2.75, 3.05) is 23.8 Å². The van der Waals surface area contributed by atoms with E-state index in [-0.39, 0.29) is 0 Å². The molecule has 1 aliphatic rings. The summed E-state index contributed by atoms with van der Waals surface area (Å²) in [6.07, 6.45) is 5.78. The van der Waals surface area contributed by atoms with E-state index in [1.54, 1.807) is 12.4 Å². The molecule has 3 N–H and O–H groups in total. The van der Waals surface area contributed by atoms with Gasteiger partial charge in [0, 0.05) is 23.9 Å². The van der Waals surface area contributed by atoms with Gasteiger partial charge in [-0.1, -0.05) is 0 Å². The first-order valence-electron chi connectivity index (χ1n) is 9.23. The minimum Gasteiger partial charge on any atom is -0.490 e. The van der Waals surface area contributed by atoms with Crippen molar-refractivity contribution in [1.29, 1.82) is 5.26 Å². The first-order chi connectivity index (χ1) is 13.7. The molecule has 28 heavy (non-hydrogen) atoms. The monoisotopic (exact) mass is 375 g/mol. The first kappa shape index (κ1) is 17.8. The minimum absolute atomic E-state index is 0.430. The van der Waals surface area contributed by atoms with Crippen LogP contribution in [0.4, 0.5) is 17.5 Å². The Morgan fingerprint density at radius 2 is 2.21 bits per heavy atom. The van der Waals surface area contributed by atoms with Crippen LogP contribution < -0.4 is 15.4 Å². The number of anilines is 3. The Morgan fingerprint density at radius 1 is 1.32 bits per heavy atom. The fraction of sp³-hybridized carbons (Fsp3) is 0.300. The SMILES string of the molecule is Cc1cc(Nc2cc(C3CC3)[nH]n2)nc(NCCOc2cccnc2)c1C#N. The summed E-state index contributed by atoms with van der Waals surface area (Å²) in [5.74, 6) is 3.20. The fourth-order valence-electron chi connectivity index (χ4n) is 2.91. The van der Waals surface area contributed by atoms with Gasteiger partial charge in [-0.3, -0.25) is 10.1 Å². The van der Waals surface area contributed by atoms with Crippen molar-refractivity contribution in [2.24, 2.45) is 0 Å². The molecule has 0 aromatic carbocycles. The molecule has 3 aromatic rings.